The third kappa shape index (κ3) is 3.54. The van der Waals surface area contributed by atoms with Crippen molar-refractivity contribution in [2.45, 2.75) is 13.5 Å². The second kappa shape index (κ2) is 5.84. The molecule has 0 amide bonds. The van der Waals surface area contributed by atoms with Gasteiger partial charge in [0.1, 0.15) is 6.61 Å². The minimum Gasteiger partial charge on any atom is -0.486 e. The van der Waals surface area contributed by atoms with Gasteiger partial charge in [0.15, 0.2) is 11.4 Å². The van der Waals surface area contributed by atoms with Crippen molar-refractivity contribution in [1.29, 1.82) is 0 Å². The van der Waals surface area contributed by atoms with Crippen LogP contribution in [0.3, 0.4) is 0 Å². The molecule has 0 unspecified atom stereocenters. The van der Waals surface area contributed by atoms with Crippen molar-refractivity contribution in [1.82, 2.24) is 4.98 Å². The van der Waals surface area contributed by atoms with E-state index in [-0.39, 0.29) is 11.4 Å². The fraction of sp³-hybridized carbons (Fsp3) is 0.143. The Morgan fingerprint density at radius 1 is 1.26 bits per heavy atom. The summed E-state index contributed by atoms with van der Waals surface area (Å²) in [4.78, 5) is 15.0. The van der Waals surface area contributed by atoms with Crippen molar-refractivity contribution in [2.75, 3.05) is 0 Å². The van der Waals surface area contributed by atoms with Gasteiger partial charge in [0, 0.05) is 10.2 Å². The van der Waals surface area contributed by atoms with Crippen molar-refractivity contribution >= 4 is 21.9 Å². The van der Waals surface area contributed by atoms with E-state index in [0.717, 1.165) is 10.0 Å². The number of ether oxygens (including phenoxy) is 1. The van der Waals surface area contributed by atoms with Crippen LogP contribution in [-0.4, -0.2) is 16.1 Å². The van der Waals surface area contributed by atoms with E-state index in [0.29, 0.717) is 12.3 Å². The predicted molar refractivity (Wildman–Crippen MR) is 74.4 cm³/mol. The molecule has 2 aromatic rings. The number of halogens is 1. The van der Waals surface area contributed by atoms with Crippen LogP contribution in [0.15, 0.2) is 40.9 Å². The van der Waals surface area contributed by atoms with Crippen LogP contribution in [0.25, 0.3) is 0 Å². The second-order valence-electron chi connectivity index (χ2n) is 4.02. The molecule has 19 heavy (non-hydrogen) atoms. The summed E-state index contributed by atoms with van der Waals surface area (Å²) in [6, 6.07) is 11.0. The number of hydrogen-bond acceptors (Lipinski definition) is 3. The largest absolute Gasteiger partial charge is 0.486 e. The average molecular weight is 322 g/mol. The summed E-state index contributed by atoms with van der Waals surface area (Å²) in [7, 11) is 0. The zero-order valence-corrected chi connectivity index (χ0v) is 11.8. The molecular formula is C14H12BrNO3. The molecule has 0 spiro atoms. The van der Waals surface area contributed by atoms with Crippen LogP contribution < -0.4 is 4.74 Å². The Hall–Kier alpha value is -1.88. The van der Waals surface area contributed by atoms with Gasteiger partial charge in [0.05, 0.1) is 0 Å². The van der Waals surface area contributed by atoms with E-state index < -0.39 is 5.97 Å². The van der Waals surface area contributed by atoms with Crippen molar-refractivity contribution in [3.8, 4) is 5.75 Å². The summed E-state index contributed by atoms with van der Waals surface area (Å²) in [5, 5.41) is 9.07. The average Bonchev–Trinajstić information content (AvgIpc) is 2.39. The van der Waals surface area contributed by atoms with Crippen LogP contribution in [-0.2, 0) is 6.61 Å². The second-order valence-corrected chi connectivity index (χ2v) is 4.94. The van der Waals surface area contributed by atoms with E-state index in [9.17, 15) is 4.79 Å². The molecule has 4 nitrogen and oxygen atoms in total. The van der Waals surface area contributed by atoms with Gasteiger partial charge in [0.25, 0.3) is 0 Å². The third-order valence-corrected chi connectivity index (χ3v) is 3.04. The quantitative estimate of drug-likeness (QED) is 0.937. The number of aromatic carboxylic acids is 1. The fourth-order valence-corrected chi connectivity index (χ4v) is 1.82. The molecule has 0 aliphatic heterocycles. The zero-order chi connectivity index (χ0) is 13.8. The lowest BCUT2D eigenvalue weighted by Gasteiger charge is -2.09. The Labute approximate surface area is 119 Å². The van der Waals surface area contributed by atoms with E-state index in [4.69, 9.17) is 9.84 Å². The van der Waals surface area contributed by atoms with Gasteiger partial charge in [-0.25, -0.2) is 9.78 Å². The van der Waals surface area contributed by atoms with E-state index in [1.807, 2.05) is 24.3 Å². The number of carboxylic acid groups (broad SMARTS) is 1. The smallest absolute Gasteiger partial charge is 0.358 e. The highest BCUT2D eigenvalue weighted by atomic mass is 79.9. The number of rotatable bonds is 4. The fourth-order valence-electron chi connectivity index (χ4n) is 1.56. The van der Waals surface area contributed by atoms with Gasteiger partial charge < -0.3 is 9.84 Å². The Morgan fingerprint density at radius 2 is 1.95 bits per heavy atom. The zero-order valence-electron chi connectivity index (χ0n) is 10.3. The monoisotopic (exact) mass is 321 g/mol. The summed E-state index contributed by atoms with van der Waals surface area (Å²) in [5.74, 6) is -0.810. The van der Waals surface area contributed by atoms with Crippen LogP contribution >= 0.6 is 15.9 Å². The molecule has 2 rings (SSSR count). The number of benzene rings is 1. The first-order valence-corrected chi connectivity index (χ1v) is 6.44. The van der Waals surface area contributed by atoms with Gasteiger partial charge in [-0.3, -0.25) is 0 Å². The molecule has 1 aromatic carbocycles. The lowest BCUT2D eigenvalue weighted by Crippen LogP contribution is -2.06. The molecule has 0 radical (unpaired) electrons. The Bertz CT molecular complexity index is 596. The van der Waals surface area contributed by atoms with Crippen LogP contribution in [0, 0.1) is 6.92 Å². The van der Waals surface area contributed by atoms with Gasteiger partial charge in [-0.2, -0.15) is 0 Å². The van der Waals surface area contributed by atoms with Crippen molar-refractivity contribution in [2.24, 2.45) is 0 Å². The lowest BCUT2D eigenvalue weighted by atomic mass is 10.2. The van der Waals surface area contributed by atoms with Crippen LogP contribution in [0.1, 0.15) is 21.7 Å². The molecule has 1 heterocycles. The van der Waals surface area contributed by atoms with E-state index in [2.05, 4.69) is 20.9 Å². The summed E-state index contributed by atoms with van der Waals surface area (Å²) >= 11 is 3.35. The molecule has 0 saturated heterocycles. The van der Waals surface area contributed by atoms with Gasteiger partial charge in [-0.1, -0.05) is 28.1 Å². The highest BCUT2D eigenvalue weighted by molar-refractivity contribution is 9.10. The molecule has 0 atom stereocenters. The van der Waals surface area contributed by atoms with Crippen molar-refractivity contribution in [3.05, 3.63) is 57.8 Å². The number of nitrogens with zero attached hydrogens (tertiary/aromatic N) is 1. The number of hydrogen-bond donors (Lipinski definition) is 1. The van der Waals surface area contributed by atoms with E-state index >= 15 is 0 Å². The molecule has 1 aromatic heterocycles. The van der Waals surface area contributed by atoms with Crippen LogP contribution in [0.5, 0.6) is 5.75 Å². The Balaban J connectivity index is 2.15. The summed E-state index contributed by atoms with van der Waals surface area (Å²) in [6.45, 7) is 2.04. The van der Waals surface area contributed by atoms with Gasteiger partial charge in [-0.15, -0.1) is 0 Å². The molecular weight excluding hydrogens is 310 g/mol. The highest BCUT2D eigenvalue weighted by Crippen LogP contribution is 2.19. The van der Waals surface area contributed by atoms with Crippen molar-refractivity contribution in [3.63, 3.8) is 0 Å². The molecule has 1 N–H and O–H groups in total. The van der Waals surface area contributed by atoms with Gasteiger partial charge in [0.2, 0.25) is 0 Å². The number of carbonyl (C=O) groups is 1. The predicted octanol–water partition coefficient (Wildman–Crippen LogP) is 3.43. The standard InChI is InChI=1S/C14H12BrNO3/c1-9-2-7-12(13(16-9)14(17)18)19-8-10-3-5-11(15)6-4-10/h2-7H,8H2,1H3,(H,17,18). The molecule has 5 heteroatoms. The van der Waals surface area contributed by atoms with Crippen LogP contribution in [0.4, 0.5) is 0 Å². The normalized spacial score (nSPS) is 10.2. The third-order valence-electron chi connectivity index (χ3n) is 2.51. The van der Waals surface area contributed by atoms with E-state index in [1.165, 1.54) is 0 Å². The molecule has 98 valence electrons. The highest BCUT2D eigenvalue weighted by Gasteiger charge is 2.13. The van der Waals surface area contributed by atoms with Gasteiger partial charge >= 0.3 is 5.97 Å². The molecule has 0 bridgehead atoms. The van der Waals surface area contributed by atoms with Gasteiger partial charge in [-0.05, 0) is 36.8 Å². The minimum absolute atomic E-state index is 0.0582. The number of aryl methyl sites for hydroxylation is 1. The molecule has 0 aliphatic rings. The first-order chi connectivity index (χ1) is 9.06. The summed E-state index contributed by atoms with van der Waals surface area (Å²) in [5.41, 5.74) is 1.55. The number of aromatic nitrogens is 1. The van der Waals surface area contributed by atoms with Crippen molar-refractivity contribution < 1.29 is 14.6 Å². The van der Waals surface area contributed by atoms with Crippen LogP contribution in [0.2, 0.25) is 0 Å². The maximum absolute atomic E-state index is 11.1. The first kappa shape index (κ1) is 13.5. The van der Waals surface area contributed by atoms with E-state index in [1.54, 1.807) is 19.1 Å². The number of pyridine rings is 1. The number of carboxylic acids is 1. The Morgan fingerprint density at radius 3 is 2.58 bits per heavy atom. The molecule has 0 aliphatic carbocycles. The summed E-state index contributed by atoms with van der Waals surface area (Å²) in [6.07, 6.45) is 0. The topological polar surface area (TPSA) is 59.4 Å². The molecule has 0 fully saturated rings. The maximum Gasteiger partial charge on any atom is 0.358 e. The lowest BCUT2D eigenvalue weighted by molar-refractivity contribution is 0.0684. The minimum atomic E-state index is -1.09. The summed E-state index contributed by atoms with van der Waals surface area (Å²) < 4.78 is 6.51. The first-order valence-electron chi connectivity index (χ1n) is 5.64. The Kier molecular flexibility index (Phi) is 4.16. The SMILES string of the molecule is Cc1ccc(OCc2ccc(Br)cc2)c(C(=O)O)n1. The maximum atomic E-state index is 11.1. The molecule has 0 saturated carbocycles.